The molecule has 3 aromatic rings. The lowest BCUT2D eigenvalue weighted by Crippen LogP contribution is -2.48. The zero-order valence-electron chi connectivity index (χ0n) is 20.3. The van der Waals surface area contributed by atoms with Crippen molar-refractivity contribution in [3.05, 3.63) is 76.7 Å². The van der Waals surface area contributed by atoms with Gasteiger partial charge in [0, 0.05) is 74.6 Å². The molecule has 2 amide bonds. The molecule has 1 saturated heterocycles. The summed E-state index contributed by atoms with van der Waals surface area (Å²) in [5.74, 6) is 1.67. The molecule has 1 N–H and O–H groups in total. The number of piperazine rings is 1. The van der Waals surface area contributed by atoms with Crippen molar-refractivity contribution in [2.24, 2.45) is 0 Å². The van der Waals surface area contributed by atoms with Gasteiger partial charge in [-0.25, -0.2) is 9.97 Å². The molecule has 8 nitrogen and oxygen atoms in total. The molecule has 1 aliphatic rings. The number of anilines is 1. The Morgan fingerprint density at radius 2 is 1.63 bits per heavy atom. The Morgan fingerprint density at radius 3 is 2.29 bits per heavy atom. The van der Waals surface area contributed by atoms with E-state index in [4.69, 9.17) is 4.98 Å². The summed E-state index contributed by atoms with van der Waals surface area (Å²) in [4.78, 5) is 41.7. The zero-order valence-corrected chi connectivity index (χ0v) is 21.1. The summed E-state index contributed by atoms with van der Waals surface area (Å²) in [7, 11) is 0. The smallest absolute Gasteiger partial charge is 0.251 e. The van der Waals surface area contributed by atoms with E-state index in [1.165, 1.54) is 0 Å². The van der Waals surface area contributed by atoms with Gasteiger partial charge in [-0.05, 0) is 49.2 Å². The predicted molar refractivity (Wildman–Crippen MR) is 137 cm³/mol. The fourth-order valence-electron chi connectivity index (χ4n) is 3.88. The van der Waals surface area contributed by atoms with Crippen molar-refractivity contribution in [3.8, 4) is 0 Å². The maximum Gasteiger partial charge on any atom is 0.251 e. The Bertz CT molecular complexity index is 1180. The number of carbonyl (C=O) groups is 2. The minimum atomic E-state index is -0.104. The maximum atomic E-state index is 12.4. The normalized spacial score (nSPS) is 13.6. The molecule has 0 aliphatic carbocycles. The number of rotatable bonds is 7. The van der Waals surface area contributed by atoms with Gasteiger partial charge in [-0.15, -0.1) is 0 Å². The monoisotopic (exact) mass is 490 g/mol. The SMILES string of the molecule is CC(=O)N1CCN(c2nc(SCc3ccc(C(=O)NCc4ccncc4)cc3)nc(C)c2C)CC1. The Kier molecular flexibility index (Phi) is 7.97. The van der Waals surface area contributed by atoms with E-state index in [9.17, 15) is 9.59 Å². The van der Waals surface area contributed by atoms with Crippen molar-refractivity contribution in [3.63, 3.8) is 0 Å². The average Bonchev–Trinajstić information content (AvgIpc) is 2.89. The number of benzene rings is 1. The van der Waals surface area contributed by atoms with Crippen LogP contribution in [0.4, 0.5) is 5.82 Å². The Morgan fingerprint density at radius 1 is 0.943 bits per heavy atom. The van der Waals surface area contributed by atoms with Crippen molar-refractivity contribution in [1.82, 2.24) is 25.2 Å². The lowest BCUT2D eigenvalue weighted by molar-refractivity contribution is -0.129. The van der Waals surface area contributed by atoms with Crippen LogP contribution < -0.4 is 10.2 Å². The third-order valence-corrected chi connectivity index (χ3v) is 7.07. The van der Waals surface area contributed by atoms with Gasteiger partial charge in [0.2, 0.25) is 5.91 Å². The van der Waals surface area contributed by atoms with Crippen molar-refractivity contribution < 1.29 is 9.59 Å². The maximum absolute atomic E-state index is 12.4. The average molecular weight is 491 g/mol. The second kappa shape index (κ2) is 11.3. The van der Waals surface area contributed by atoms with Crippen LogP contribution in [0.25, 0.3) is 0 Å². The van der Waals surface area contributed by atoms with Crippen LogP contribution in [0.15, 0.2) is 53.9 Å². The minimum absolute atomic E-state index is 0.104. The number of hydrogen-bond acceptors (Lipinski definition) is 7. The van der Waals surface area contributed by atoms with Gasteiger partial charge in [0.1, 0.15) is 5.82 Å². The molecule has 0 unspecified atom stereocenters. The fourth-order valence-corrected chi connectivity index (χ4v) is 4.72. The first-order chi connectivity index (χ1) is 16.9. The molecule has 0 atom stereocenters. The van der Waals surface area contributed by atoms with Gasteiger partial charge >= 0.3 is 0 Å². The first-order valence-corrected chi connectivity index (χ1v) is 12.6. The molecule has 4 rings (SSSR count). The number of aryl methyl sites for hydroxylation is 1. The second-order valence-electron chi connectivity index (χ2n) is 8.56. The molecule has 0 radical (unpaired) electrons. The van der Waals surface area contributed by atoms with Crippen LogP contribution >= 0.6 is 11.8 Å². The van der Waals surface area contributed by atoms with Gasteiger partial charge in [-0.3, -0.25) is 14.6 Å². The van der Waals surface area contributed by atoms with E-state index in [0.29, 0.717) is 31.0 Å². The highest BCUT2D eigenvalue weighted by atomic mass is 32.2. The van der Waals surface area contributed by atoms with Crippen LogP contribution in [-0.4, -0.2) is 57.8 Å². The van der Waals surface area contributed by atoms with E-state index in [1.54, 1.807) is 31.1 Å². The molecule has 1 aromatic carbocycles. The number of hydrogen-bond donors (Lipinski definition) is 1. The molecular formula is C26H30N6O2S. The molecule has 0 spiro atoms. The first-order valence-electron chi connectivity index (χ1n) is 11.7. The van der Waals surface area contributed by atoms with Gasteiger partial charge < -0.3 is 15.1 Å². The molecular weight excluding hydrogens is 460 g/mol. The van der Waals surface area contributed by atoms with E-state index >= 15 is 0 Å². The Hall–Kier alpha value is -3.46. The number of thioether (sulfide) groups is 1. The van der Waals surface area contributed by atoms with Gasteiger partial charge in [-0.2, -0.15) is 0 Å². The van der Waals surface area contributed by atoms with E-state index in [2.05, 4.69) is 27.1 Å². The highest BCUT2D eigenvalue weighted by Gasteiger charge is 2.22. The number of aromatic nitrogens is 3. The third kappa shape index (κ3) is 6.36. The number of nitrogens with one attached hydrogen (secondary N) is 1. The Labute approximate surface area is 210 Å². The van der Waals surface area contributed by atoms with Crippen molar-refractivity contribution in [1.29, 1.82) is 0 Å². The van der Waals surface area contributed by atoms with E-state index in [0.717, 1.165) is 46.4 Å². The quantitative estimate of drug-likeness (QED) is 0.401. The largest absolute Gasteiger partial charge is 0.353 e. The summed E-state index contributed by atoms with van der Waals surface area (Å²) in [5, 5.41) is 3.66. The number of amides is 2. The van der Waals surface area contributed by atoms with Crippen LogP contribution in [0.5, 0.6) is 0 Å². The highest BCUT2D eigenvalue weighted by molar-refractivity contribution is 7.98. The zero-order chi connectivity index (χ0) is 24.8. The van der Waals surface area contributed by atoms with Gasteiger partial charge in [-0.1, -0.05) is 23.9 Å². The van der Waals surface area contributed by atoms with Gasteiger partial charge in [0.25, 0.3) is 5.91 Å². The van der Waals surface area contributed by atoms with Crippen molar-refractivity contribution in [2.75, 3.05) is 31.1 Å². The number of pyridine rings is 1. The summed E-state index contributed by atoms with van der Waals surface area (Å²) >= 11 is 1.58. The molecule has 2 aromatic heterocycles. The first kappa shape index (κ1) is 24.7. The van der Waals surface area contributed by atoms with Gasteiger partial charge in [0.15, 0.2) is 5.16 Å². The number of nitrogens with zero attached hydrogens (tertiary/aromatic N) is 5. The third-order valence-electron chi connectivity index (χ3n) is 6.15. The van der Waals surface area contributed by atoms with Gasteiger partial charge in [0.05, 0.1) is 0 Å². The lowest BCUT2D eigenvalue weighted by Gasteiger charge is -2.35. The topological polar surface area (TPSA) is 91.3 Å². The number of carbonyl (C=O) groups excluding carboxylic acids is 2. The molecule has 0 bridgehead atoms. The fraction of sp³-hybridized carbons (Fsp3) is 0.346. The van der Waals surface area contributed by atoms with Crippen LogP contribution in [-0.2, 0) is 17.1 Å². The van der Waals surface area contributed by atoms with Crippen molar-refractivity contribution >= 4 is 29.4 Å². The summed E-state index contributed by atoms with van der Waals surface area (Å²) in [5.41, 5.74) is 4.77. The van der Waals surface area contributed by atoms with Crippen LogP contribution in [0.2, 0.25) is 0 Å². The van der Waals surface area contributed by atoms with Crippen LogP contribution in [0.1, 0.15) is 39.7 Å². The summed E-state index contributed by atoms with van der Waals surface area (Å²) in [6, 6.07) is 11.4. The van der Waals surface area contributed by atoms with E-state index in [-0.39, 0.29) is 11.8 Å². The molecule has 1 fully saturated rings. The molecule has 1 aliphatic heterocycles. The summed E-state index contributed by atoms with van der Waals surface area (Å²) < 4.78 is 0. The minimum Gasteiger partial charge on any atom is -0.353 e. The van der Waals surface area contributed by atoms with Crippen LogP contribution in [0.3, 0.4) is 0 Å². The summed E-state index contributed by atoms with van der Waals surface area (Å²) in [6.07, 6.45) is 3.43. The molecule has 35 heavy (non-hydrogen) atoms. The molecule has 0 saturated carbocycles. The molecule has 3 heterocycles. The lowest BCUT2D eigenvalue weighted by atomic mass is 10.1. The Balaban J connectivity index is 1.35. The van der Waals surface area contributed by atoms with Crippen LogP contribution in [0, 0.1) is 13.8 Å². The standard InChI is InChI=1S/C26H30N6O2S/c1-18-19(2)29-26(30-24(18)32-14-12-31(13-15-32)20(3)33)35-17-22-4-6-23(7-5-22)25(34)28-16-21-8-10-27-11-9-21/h4-11H,12-17H2,1-3H3,(H,28,34). The highest BCUT2D eigenvalue weighted by Crippen LogP contribution is 2.27. The second-order valence-corrected chi connectivity index (χ2v) is 9.50. The molecule has 182 valence electrons. The summed E-state index contributed by atoms with van der Waals surface area (Å²) in [6.45, 7) is 9.11. The predicted octanol–water partition coefficient (Wildman–Crippen LogP) is 3.38. The van der Waals surface area contributed by atoms with Crippen molar-refractivity contribution in [2.45, 2.75) is 38.2 Å². The van der Waals surface area contributed by atoms with E-state index in [1.807, 2.05) is 48.2 Å². The molecule has 9 heteroatoms. The van der Waals surface area contributed by atoms with E-state index < -0.39 is 0 Å².